The zero-order valence-electron chi connectivity index (χ0n) is 7.07. The summed E-state index contributed by atoms with van der Waals surface area (Å²) in [6.07, 6.45) is -1.18. The summed E-state index contributed by atoms with van der Waals surface area (Å²) in [5, 5.41) is 0. The standard InChI is InChI=1S/C9H11F3/c1-6-3-4-8(5-7(6)2)9(10,11)12/h3-4,8H,5H2,1-2H3. The second kappa shape index (κ2) is 2.96. The lowest BCUT2D eigenvalue weighted by Crippen LogP contribution is -2.22. The molecule has 0 N–H and O–H groups in total. The first-order valence-electron chi connectivity index (χ1n) is 3.82. The second-order valence-electron chi connectivity index (χ2n) is 3.17. The molecule has 0 nitrogen and oxygen atoms in total. The average molecular weight is 176 g/mol. The molecule has 1 aliphatic carbocycles. The molecule has 0 bridgehead atoms. The molecule has 0 spiro atoms. The summed E-state index contributed by atoms with van der Waals surface area (Å²) in [5.74, 6) is -1.28. The maximum Gasteiger partial charge on any atom is 0.395 e. The third-order valence-corrected chi connectivity index (χ3v) is 2.20. The van der Waals surface area contributed by atoms with E-state index in [4.69, 9.17) is 0 Å². The number of allylic oxidation sites excluding steroid dienone is 4. The topological polar surface area (TPSA) is 0 Å². The fourth-order valence-corrected chi connectivity index (χ4v) is 1.19. The Balaban J connectivity index is 2.76. The number of hydrogen-bond donors (Lipinski definition) is 0. The van der Waals surface area contributed by atoms with Crippen molar-refractivity contribution in [3.05, 3.63) is 23.3 Å². The summed E-state index contributed by atoms with van der Waals surface area (Å²) in [7, 11) is 0. The van der Waals surface area contributed by atoms with Crippen LogP contribution < -0.4 is 0 Å². The normalized spacial score (nSPS) is 24.9. The van der Waals surface area contributed by atoms with Gasteiger partial charge in [0.05, 0.1) is 5.92 Å². The van der Waals surface area contributed by atoms with Crippen molar-refractivity contribution in [2.24, 2.45) is 5.92 Å². The number of halogens is 3. The molecule has 1 unspecified atom stereocenters. The van der Waals surface area contributed by atoms with Crippen LogP contribution in [0, 0.1) is 5.92 Å². The summed E-state index contributed by atoms with van der Waals surface area (Å²) < 4.78 is 36.5. The van der Waals surface area contributed by atoms with Crippen LogP contribution >= 0.6 is 0 Å². The van der Waals surface area contributed by atoms with E-state index in [-0.39, 0.29) is 6.42 Å². The van der Waals surface area contributed by atoms with E-state index < -0.39 is 12.1 Å². The molecule has 1 aliphatic rings. The summed E-state index contributed by atoms with van der Waals surface area (Å²) in [4.78, 5) is 0. The van der Waals surface area contributed by atoms with Crippen molar-refractivity contribution in [3.63, 3.8) is 0 Å². The molecule has 0 saturated carbocycles. The molecule has 0 aromatic rings. The number of hydrogen-bond acceptors (Lipinski definition) is 0. The summed E-state index contributed by atoms with van der Waals surface area (Å²) in [6, 6.07) is 0. The van der Waals surface area contributed by atoms with Crippen molar-refractivity contribution in [2.75, 3.05) is 0 Å². The number of rotatable bonds is 0. The first-order chi connectivity index (χ1) is 5.41. The Labute approximate surface area is 69.8 Å². The smallest absolute Gasteiger partial charge is 0.170 e. The minimum Gasteiger partial charge on any atom is -0.170 e. The van der Waals surface area contributed by atoms with Crippen molar-refractivity contribution >= 4 is 0 Å². The van der Waals surface area contributed by atoms with E-state index in [1.165, 1.54) is 6.08 Å². The Morgan fingerprint density at radius 3 is 2.33 bits per heavy atom. The highest BCUT2D eigenvalue weighted by atomic mass is 19.4. The predicted octanol–water partition coefficient (Wildman–Crippen LogP) is 3.46. The van der Waals surface area contributed by atoms with Gasteiger partial charge in [-0.1, -0.05) is 23.3 Å². The lowest BCUT2D eigenvalue weighted by atomic mass is 9.91. The molecule has 68 valence electrons. The van der Waals surface area contributed by atoms with Crippen LogP contribution in [0.25, 0.3) is 0 Å². The van der Waals surface area contributed by atoms with Crippen LogP contribution in [-0.4, -0.2) is 6.18 Å². The van der Waals surface area contributed by atoms with Gasteiger partial charge in [0.15, 0.2) is 0 Å². The average Bonchev–Trinajstić information content (AvgIpc) is 1.92. The number of alkyl halides is 3. The molecule has 0 heterocycles. The van der Waals surface area contributed by atoms with E-state index in [2.05, 4.69) is 0 Å². The highest BCUT2D eigenvalue weighted by Crippen LogP contribution is 2.35. The Bertz CT molecular complexity index is 233. The quantitative estimate of drug-likeness (QED) is 0.530. The van der Waals surface area contributed by atoms with Crippen LogP contribution in [0.1, 0.15) is 20.3 Å². The third kappa shape index (κ3) is 1.90. The van der Waals surface area contributed by atoms with Crippen LogP contribution in [0.15, 0.2) is 23.3 Å². The molecule has 12 heavy (non-hydrogen) atoms. The van der Waals surface area contributed by atoms with Gasteiger partial charge in [-0.05, 0) is 20.3 Å². The second-order valence-corrected chi connectivity index (χ2v) is 3.17. The molecule has 3 heteroatoms. The fourth-order valence-electron chi connectivity index (χ4n) is 1.19. The Morgan fingerprint density at radius 1 is 1.33 bits per heavy atom. The van der Waals surface area contributed by atoms with Crippen LogP contribution in [-0.2, 0) is 0 Å². The van der Waals surface area contributed by atoms with Crippen molar-refractivity contribution in [2.45, 2.75) is 26.4 Å². The molecule has 0 aromatic heterocycles. The van der Waals surface area contributed by atoms with Gasteiger partial charge in [-0.25, -0.2) is 0 Å². The van der Waals surface area contributed by atoms with Crippen molar-refractivity contribution in [1.29, 1.82) is 0 Å². The molecule has 0 radical (unpaired) electrons. The maximum atomic E-state index is 12.2. The van der Waals surface area contributed by atoms with E-state index in [1.807, 2.05) is 6.92 Å². The first kappa shape index (κ1) is 9.36. The summed E-state index contributed by atoms with van der Waals surface area (Å²) in [5.41, 5.74) is 1.79. The molecule has 1 atom stereocenters. The zero-order chi connectivity index (χ0) is 9.35. The lowest BCUT2D eigenvalue weighted by Gasteiger charge is -2.21. The maximum absolute atomic E-state index is 12.2. The lowest BCUT2D eigenvalue weighted by molar-refractivity contribution is -0.160. The van der Waals surface area contributed by atoms with Crippen molar-refractivity contribution < 1.29 is 13.2 Å². The van der Waals surface area contributed by atoms with Crippen LogP contribution in [0.3, 0.4) is 0 Å². The predicted molar refractivity (Wildman–Crippen MR) is 41.7 cm³/mol. The van der Waals surface area contributed by atoms with Crippen LogP contribution in [0.5, 0.6) is 0 Å². The highest BCUT2D eigenvalue weighted by Gasteiger charge is 2.38. The monoisotopic (exact) mass is 176 g/mol. The fraction of sp³-hybridized carbons (Fsp3) is 0.556. The molecule has 1 rings (SSSR count). The van der Waals surface area contributed by atoms with Gasteiger partial charge >= 0.3 is 6.18 Å². The summed E-state index contributed by atoms with van der Waals surface area (Å²) >= 11 is 0. The highest BCUT2D eigenvalue weighted by molar-refractivity contribution is 5.28. The first-order valence-corrected chi connectivity index (χ1v) is 3.82. The minimum absolute atomic E-state index is 0.117. The van der Waals surface area contributed by atoms with Crippen molar-refractivity contribution in [1.82, 2.24) is 0 Å². The van der Waals surface area contributed by atoms with Gasteiger partial charge in [-0.2, -0.15) is 13.2 Å². The van der Waals surface area contributed by atoms with Gasteiger partial charge in [-0.15, -0.1) is 0 Å². The molecule has 0 amide bonds. The molecular formula is C9H11F3. The molecular weight excluding hydrogens is 165 g/mol. The SMILES string of the molecule is CC1=C(C)CC(C(F)(F)F)C=C1. The summed E-state index contributed by atoms with van der Waals surface area (Å²) in [6.45, 7) is 3.58. The minimum atomic E-state index is -4.08. The van der Waals surface area contributed by atoms with Gasteiger partial charge in [0.2, 0.25) is 0 Å². The Kier molecular flexibility index (Phi) is 2.31. The largest absolute Gasteiger partial charge is 0.395 e. The van der Waals surface area contributed by atoms with Gasteiger partial charge in [0, 0.05) is 0 Å². The van der Waals surface area contributed by atoms with E-state index in [0.717, 1.165) is 11.1 Å². The van der Waals surface area contributed by atoms with E-state index in [1.54, 1.807) is 13.0 Å². The third-order valence-electron chi connectivity index (χ3n) is 2.20. The van der Waals surface area contributed by atoms with Gasteiger partial charge in [-0.3, -0.25) is 0 Å². The molecule has 0 aromatic carbocycles. The van der Waals surface area contributed by atoms with Gasteiger partial charge in [0.25, 0.3) is 0 Å². The molecule has 0 saturated heterocycles. The Morgan fingerprint density at radius 2 is 1.92 bits per heavy atom. The molecule has 0 aliphatic heterocycles. The van der Waals surface area contributed by atoms with Gasteiger partial charge < -0.3 is 0 Å². The van der Waals surface area contributed by atoms with Crippen LogP contribution in [0.4, 0.5) is 13.2 Å². The molecule has 0 fully saturated rings. The van der Waals surface area contributed by atoms with E-state index >= 15 is 0 Å². The van der Waals surface area contributed by atoms with E-state index in [0.29, 0.717) is 0 Å². The Hall–Kier alpha value is -0.730. The van der Waals surface area contributed by atoms with Gasteiger partial charge in [0.1, 0.15) is 0 Å². The van der Waals surface area contributed by atoms with Crippen LogP contribution in [0.2, 0.25) is 0 Å². The van der Waals surface area contributed by atoms with Crippen molar-refractivity contribution in [3.8, 4) is 0 Å². The van der Waals surface area contributed by atoms with E-state index in [9.17, 15) is 13.2 Å². The zero-order valence-corrected chi connectivity index (χ0v) is 7.07.